The van der Waals surface area contributed by atoms with Crippen LogP contribution in [0.3, 0.4) is 0 Å². The van der Waals surface area contributed by atoms with E-state index in [1.54, 1.807) is 12.1 Å². The molecule has 0 N–H and O–H groups in total. The fourth-order valence-electron chi connectivity index (χ4n) is 4.18. The highest BCUT2D eigenvalue weighted by atomic mass is 35.5. The summed E-state index contributed by atoms with van der Waals surface area (Å²) in [6.07, 6.45) is 5.13. The Balaban J connectivity index is 1.47. The van der Waals surface area contributed by atoms with E-state index in [2.05, 4.69) is 23.8 Å². The van der Waals surface area contributed by atoms with Gasteiger partial charge in [-0.05, 0) is 42.7 Å². The highest BCUT2D eigenvalue weighted by Gasteiger charge is 2.26. The van der Waals surface area contributed by atoms with Gasteiger partial charge in [-0.3, -0.25) is 4.79 Å². The fourth-order valence-corrected chi connectivity index (χ4v) is 4.37. The molecule has 0 saturated carbocycles. The quantitative estimate of drug-likeness (QED) is 0.402. The van der Waals surface area contributed by atoms with Gasteiger partial charge in [0.05, 0.1) is 23.5 Å². The molecular formula is C25H27ClN6O2. The molecule has 176 valence electrons. The van der Waals surface area contributed by atoms with Crippen LogP contribution in [0.4, 0.5) is 5.82 Å². The largest absolute Gasteiger partial charge is 0.459 e. The first-order valence-corrected chi connectivity index (χ1v) is 12.0. The van der Waals surface area contributed by atoms with Gasteiger partial charge in [-0.1, -0.05) is 31.5 Å². The third-order valence-electron chi connectivity index (χ3n) is 6.05. The zero-order valence-corrected chi connectivity index (χ0v) is 20.1. The molecule has 8 nitrogen and oxygen atoms in total. The molecular weight excluding hydrogens is 452 g/mol. The second-order valence-electron chi connectivity index (χ2n) is 8.93. The number of aromatic nitrogens is 4. The highest BCUT2D eigenvalue weighted by Crippen LogP contribution is 2.28. The molecule has 0 spiro atoms. The third-order valence-corrected chi connectivity index (χ3v) is 6.29. The minimum absolute atomic E-state index is 0.0797. The number of carbonyl (C=O) groups is 1. The lowest BCUT2D eigenvalue weighted by molar-refractivity contribution is 0.0714. The Morgan fingerprint density at radius 3 is 2.65 bits per heavy atom. The van der Waals surface area contributed by atoms with Crippen molar-refractivity contribution in [3.8, 4) is 5.69 Å². The maximum absolute atomic E-state index is 12.7. The van der Waals surface area contributed by atoms with E-state index < -0.39 is 0 Å². The van der Waals surface area contributed by atoms with Crippen LogP contribution < -0.4 is 4.90 Å². The fraction of sp³-hybridized carbons (Fsp3) is 0.360. The average Bonchev–Trinajstić information content (AvgIpc) is 3.52. The molecule has 1 aliphatic heterocycles. The van der Waals surface area contributed by atoms with Crippen molar-refractivity contribution in [1.82, 2.24) is 24.6 Å². The number of piperazine rings is 1. The lowest BCUT2D eigenvalue weighted by Gasteiger charge is -2.35. The molecule has 1 amide bonds. The average molecular weight is 479 g/mol. The number of benzene rings is 1. The Hall–Kier alpha value is -3.39. The first-order chi connectivity index (χ1) is 16.5. The minimum Gasteiger partial charge on any atom is -0.459 e. The van der Waals surface area contributed by atoms with Crippen LogP contribution in [0, 0.1) is 5.92 Å². The Morgan fingerprint density at radius 2 is 1.94 bits per heavy atom. The van der Waals surface area contributed by atoms with Crippen LogP contribution in [0.25, 0.3) is 16.7 Å². The van der Waals surface area contributed by atoms with Gasteiger partial charge in [0.15, 0.2) is 11.4 Å². The summed E-state index contributed by atoms with van der Waals surface area (Å²) in [5.41, 5.74) is 1.62. The van der Waals surface area contributed by atoms with Crippen LogP contribution in [0.2, 0.25) is 5.02 Å². The van der Waals surface area contributed by atoms with Crippen molar-refractivity contribution in [2.24, 2.45) is 5.92 Å². The predicted octanol–water partition coefficient (Wildman–Crippen LogP) is 4.61. The van der Waals surface area contributed by atoms with Gasteiger partial charge in [-0.25, -0.2) is 14.6 Å². The molecule has 0 atom stereocenters. The van der Waals surface area contributed by atoms with Gasteiger partial charge >= 0.3 is 0 Å². The van der Waals surface area contributed by atoms with Crippen molar-refractivity contribution in [3.05, 3.63) is 65.5 Å². The first kappa shape index (κ1) is 22.4. The molecule has 0 bridgehead atoms. The summed E-state index contributed by atoms with van der Waals surface area (Å²) in [5, 5.41) is 6.16. The summed E-state index contributed by atoms with van der Waals surface area (Å²) in [6, 6.07) is 11.0. The van der Waals surface area contributed by atoms with Crippen molar-refractivity contribution >= 4 is 34.4 Å². The lowest BCUT2D eigenvalue weighted by Crippen LogP contribution is -2.49. The number of fused-ring (bicyclic) bond motifs is 1. The molecule has 4 aromatic rings. The van der Waals surface area contributed by atoms with Crippen LogP contribution in [-0.2, 0) is 6.42 Å². The second-order valence-corrected chi connectivity index (χ2v) is 9.36. The summed E-state index contributed by atoms with van der Waals surface area (Å²) in [6.45, 7) is 6.93. The van der Waals surface area contributed by atoms with Crippen molar-refractivity contribution in [3.63, 3.8) is 0 Å². The summed E-state index contributed by atoms with van der Waals surface area (Å²) in [4.78, 5) is 26.6. The normalized spacial score (nSPS) is 14.4. The Kier molecular flexibility index (Phi) is 6.24. The number of hydrogen-bond donors (Lipinski definition) is 0. The number of furan rings is 1. The molecule has 5 rings (SSSR count). The first-order valence-electron chi connectivity index (χ1n) is 11.6. The number of hydrogen-bond acceptors (Lipinski definition) is 6. The molecule has 1 aromatic carbocycles. The molecule has 0 radical (unpaired) electrons. The third kappa shape index (κ3) is 4.50. The van der Waals surface area contributed by atoms with Crippen molar-refractivity contribution in [2.75, 3.05) is 31.1 Å². The van der Waals surface area contributed by atoms with Crippen LogP contribution in [0.5, 0.6) is 0 Å². The molecule has 4 heterocycles. The summed E-state index contributed by atoms with van der Waals surface area (Å²) < 4.78 is 7.11. The monoisotopic (exact) mass is 478 g/mol. The summed E-state index contributed by atoms with van der Waals surface area (Å²) >= 11 is 6.24. The molecule has 34 heavy (non-hydrogen) atoms. The number of rotatable bonds is 6. The number of nitrogens with zero attached hydrogens (tertiary/aromatic N) is 6. The zero-order valence-electron chi connectivity index (χ0n) is 19.3. The minimum atomic E-state index is -0.0797. The molecule has 1 saturated heterocycles. The van der Waals surface area contributed by atoms with Gasteiger partial charge in [0, 0.05) is 37.6 Å². The second kappa shape index (κ2) is 9.46. The topological polar surface area (TPSA) is 80.3 Å². The maximum atomic E-state index is 12.7. The maximum Gasteiger partial charge on any atom is 0.289 e. The van der Waals surface area contributed by atoms with Gasteiger partial charge in [-0.2, -0.15) is 5.10 Å². The van der Waals surface area contributed by atoms with E-state index in [1.165, 1.54) is 6.26 Å². The highest BCUT2D eigenvalue weighted by molar-refractivity contribution is 6.30. The smallest absolute Gasteiger partial charge is 0.289 e. The Morgan fingerprint density at radius 1 is 1.12 bits per heavy atom. The van der Waals surface area contributed by atoms with E-state index in [9.17, 15) is 4.79 Å². The van der Waals surface area contributed by atoms with Crippen molar-refractivity contribution in [1.29, 1.82) is 0 Å². The summed E-state index contributed by atoms with van der Waals surface area (Å²) in [7, 11) is 0. The van der Waals surface area contributed by atoms with E-state index >= 15 is 0 Å². The van der Waals surface area contributed by atoms with E-state index in [0.29, 0.717) is 42.9 Å². The van der Waals surface area contributed by atoms with E-state index in [4.69, 9.17) is 26.0 Å². The lowest BCUT2D eigenvalue weighted by atomic mass is 10.1. The molecule has 0 aliphatic carbocycles. The van der Waals surface area contributed by atoms with Gasteiger partial charge in [0.1, 0.15) is 11.6 Å². The number of aryl methyl sites for hydroxylation is 1. The number of anilines is 1. The number of carbonyl (C=O) groups excluding carboxylic acids is 1. The zero-order chi connectivity index (χ0) is 23.7. The van der Waals surface area contributed by atoms with E-state index in [1.807, 2.05) is 40.0 Å². The van der Waals surface area contributed by atoms with Crippen molar-refractivity contribution in [2.45, 2.75) is 26.7 Å². The van der Waals surface area contributed by atoms with Gasteiger partial charge in [0.2, 0.25) is 0 Å². The van der Waals surface area contributed by atoms with Crippen LogP contribution in [-0.4, -0.2) is 56.7 Å². The molecule has 1 fully saturated rings. The van der Waals surface area contributed by atoms with Crippen LogP contribution in [0.1, 0.15) is 36.6 Å². The number of halogens is 1. The van der Waals surface area contributed by atoms with E-state index in [-0.39, 0.29) is 5.91 Å². The molecule has 3 aromatic heterocycles. The van der Waals surface area contributed by atoms with Gasteiger partial charge in [0.25, 0.3) is 5.91 Å². The molecule has 9 heteroatoms. The Bertz CT molecular complexity index is 1290. The van der Waals surface area contributed by atoms with Gasteiger partial charge < -0.3 is 14.2 Å². The Labute approximate surface area is 203 Å². The van der Waals surface area contributed by atoms with Crippen LogP contribution in [0.15, 0.2) is 53.3 Å². The summed E-state index contributed by atoms with van der Waals surface area (Å²) in [5.74, 6) is 2.51. The van der Waals surface area contributed by atoms with Gasteiger partial charge in [-0.15, -0.1) is 0 Å². The van der Waals surface area contributed by atoms with E-state index in [0.717, 1.165) is 41.2 Å². The standard InChI is InChI=1S/C25H27ClN6O2/c1-17(2)8-9-22-28-23(30-10-12-31(13-11-30)25(33)21-7-4-14-34-21)20-16-27-32(24(20)29-22)19-6-3-5-18(26)15-19/h3-7,14-17H,8-13H2,1-2H3. The van der Waals surface area contributed by atoms with Crippen LogP contribution >= 0.6 is 11.6 Å². The molecule has 1 aliphatic rings. The number of amides is 1. The molecule has 0 unspecified atom stereocenters. The van der Waals surface area contributed by atoms with Crippen molar-refractivity contribution < 1.29 is 9.21 Å². The SMILES string of the molecule is CC(C)CCc1nc(N2CCN(C(=O)c3ccco3)CC2)c2cnn(-c3cccc(Cl)c3)c2n1. The predicted molar refractivity (Wildman–Crippen MR) is 132 cm³/mol.